The second-order valence-electron chi connectivity index (χ2n) is 7.21. The molecule has 1 saturated heterocycles. The lowest BCUT2D eigenvalue weighted by Crippen LogP contribution is -2.46. The molecule has 2 amide bonds. The highest BCUT2D eigenvalue weighted by atomic mass is 16.2. The van der Waals surface area contributed by atoms with Crippen LogP contribution < -0.4 is 0 Å². The molecule has 0 N–H and O–H groups in total. The molecule has 0 spiro atoms. The minimum atomic E-state index is 0.138. The molecule has 0 bridgehead atoms. The summed E-state index contributed by atoms with van der Waals surface area (Å²) in [7, 11) is 1.90. The Bertz CT molecular complexity index is 397. The van der Waals surface area contributed by atoms with Gasteiger partial charge in [-0.15, -0.1) is 0 Å². The number of rotatable bonds is 8. The number of nitrogens with zero attached hydrogens (tertiary/aromatic N) is 2. The van der Waals surface area contributed by atoms with Crippen LogP contribution in [0.3, 0.4) is 0 Å². The third kappa shape index (κ3) is 4.95. The summed E-state index contributed by atoms with van der Waals surface area (Å²) < 4.78 is 0. The normalized spacial score (nSPS) is 21.8. The van der Waals surface area contributed by atoms with Gasteiger partial charge in [-0.05, 0) is 31.1 Å². The number of carbonyl (C=O) groups excluding carboxylic acids is 2. The molecular weight excluding hydrogens is 288 g/mol. The largest absolute Gasteiger partial charge is 0.342 e. The van der Waals surface area contributed by atoms with E-state index in [1.54, 1.807) is 0 Å². The quantitative estimate of drug-likeness (QED) is 0.683. The summed E-state index contributed by atoms with van der Waals surface area (Å²) in [6.45, 7) is 11.4. The van der Waals surface area contributed by atoms with E-state index >= 15 is 0 Å². The van der Waals surface area contributed by atoms with E-state index in [0.717, 1.165) is 32.2 Å². The molecule has 1 aliphatic rings. The van der Waals surface area contributed by atoms with Crippen LogP contribution in [0.5, 0.6) is 0 Å². The zero-order valence-corrected chi connectivity index (χ0v) is 16.0. The molecule has 1 fully saturated rings. The molecule has 0 aromatic carbocycles. The molecule has 4 atom stereocenters. The Morgan fingerprint density at radius 2 is 1.83 bits per heavy atom. The molecule has 0 saturated carbocycles. The van der Waals surface area contributed by atoms with Crippen molar-refractivity contribution in [2.45, 2.75) is 85.2 Å². The first-order valence-corrected chi connectivity index (χ1v) is 9.42. The summed E-state index contributed by atoms with van der Waals surface area (Å²) in [6.07, 6.45) is 5.40. The van der Waals surface area contributed by atoms with E-state index in [2.05, 4.69) is 32.6 Å². The first kappa shape index (κ1) is 20.0. The lowest BCUT2D eigenvalue weighted by atomic mass is 9.85. The lowest BCUT2D eigenvalue weighted by molar-refractivity contribution is -0.138. The van der Waals surface area contributed by atoms with E-state index in [0.29, 0.717) is 24.8 Å². The van der Waals surface area contributed by atoms with E-state index in [-0.39, 0.29) is 23.8 Å². The Morgan fingerprint density at radius 3 is 2.35 bits per heavy atom. The lowest BCUT2D eigenvalue weighted by Gasteiger charge is -2.37. The minimum Gasteiger partial charge on any atom is -0.342 e. The van der Waals surface area contributed by atoms with Crippen LogP contribution >= 0.6 is 0 Å². The van der Waals surface area contributed by atoms with Crippen LogP contribution in [0.25, 0.3) is 0 Å². The van der Waals surface area contributed by atoms with Crippen molar-refractivity contribution in [3.63, 3.8) is 0 Å². The average molecular weight is 325 g/mol. The molecule has 0 radical (unpaired) electrons. The second kappa shape index (κ2) is 9.29. The second-order valence-corrected chi connectivity index (χ2v) is 7.21. The van der Waals surface area contributed by atoms with Crippen LogP contribution in [0.2, 0.25) is 0 Å². The van der Waals surface area contributed by atoms with Crippen molar-refractivity contribution >= 4 is 11.8 Å². The van der Waals surface area contributed by atoms with Crippen molar-refractivity contribution in [2.24, 2.45) is 11.8 Å². The van der Waals surface area contributed by atoms with Crippen molar-refractivity contribution < 1.29 is 9.59 Å². The molecule has 0 aromatic heterocycles. The Hall–Kier alpha value is -1.06. The Labute approximate surface area is 142 Å². The molecule has 1 heterocycles. The summed E-state index contributed by atoms with van der Waals surface area (Å²) in [5.74, 6) is 1.03. The first-order valence-electron chi connectivity index (χ1n) is 9.42. The Kier molecular flexibility index (Phi) is 8.07. The van der Waals surface area contributed by atoms with Crippen molar-refractivity contribution in [3.8, 4) is 0 Å². The molecule has 1 rings (SSSR count). The molecule has 0 aromatic rings. The topological polar surface area (TPSA) is 40.6 Å². The van der Waals surface area contributed by atoms with Crippen molar-refractivity contribution in [1.29, 1.82) is 0 Å². The molecule has 0 aliphatic carbocycles. The summed E-state index contributed by atoms with van der Waals surface area (Å²) in [5.41, 5.74) is 0. The van der Waals surface area contributed by atoms with Gasteiger partial charge in [0.1, 0.15) is 0 Å². The highest BCUT2D eigenvalue weighted by Gasteiger charge is 2.33. The van der Waals surface area contributed by atoms with Gasteiger partial charge in [-0.3, -0.25) is 9.59 Å². The standard InChI is InChI=1S/C19H36N2O2/c1-7-14(4)19(20(6)17(22)9-3)15(5)13-18(23)21-12-10-11-16(21)8-2/h14-16,19H,7-13H2,1-6H3. The van der Waals surface area contributed by atoms with Gasteiger partial charge in [-0.1, -0.05) is 41.0 Å². The SMILES string of the molecule is CCC(=O)N(C)C(C(C)CC)C(C)CC(=O)N1CCCC1CC. The summed E-state index contributed by atoms with van der Waals surface area (Å²) >= 11 is 0. The van der Waals surface area contributed by atoms with Gasteiger partial charge in [0.25, 0.3) is 0 Å². The van der Waals surface area contributed by atoms with Gasteiger partial charge in [0.2, 0.25) is 11.8 Å². The van der Waals surface area contributed by atoms with Gasteiger partial charge in [0, 0.05) is 38.5 Å². The molecule has 1 aliphatic heterocycles. The fourth-order valence-electron chi connectivity index (χ4n) is 4.08. The van der Waals surface area contributed by atoms with Gasteiger partial charge in [0.05, 0.1) is 0 Å². The van der Waals surface area contributed by atoms with E-state index in [1.165, 1.54) is 0 Å². The monoisotopic (exact) mass is 324 g/mol. The van der Waals surface area contributed by atoms with Crippen molar-refractivity contribution in [2.75, 3.05) is 13.6 Å². The molecule has 4 unspecified atom stereocenters. The van der Waals surface area contributed by atoms with Crippen LogP contribution in [-0.2, 0) is 9.59 Å². The van der Waals surface area contributed by atoms with Crippen LogP contribution in [0, 0.1) is 11.8 Å². The van der Waals surface area contributed by atoms with E-state index < -0.39 is 0 Å². The van der Waals surface area contributed by atoms with E-state index in [1.807, 2.05) is 18.9 Å². The molecule has 134 valence electrons. The van der Waals surface area contributed by atoms with Gasteiger partial charge in [-0.25, -0.2) is 0 Å². The maximum absolute atomic E-state index is 12.7. The third-order valence-corrected chi connectivity index (χ3v) is 5.62. The summed E-state index contributed by atoms with van der Waals surface area (Å²) in [4.78, 5) is 28.8. The first-order chi connectivity index (χ1) is 10.9. The zero-order chi connectivity index (χ0) is 17.6. The smallest absolute Gasteiger partial charge is 0.223 e. The maximum Gasteiger partial charge on any atom is 0.223 e. The summed E-state index contributed by atoms with van der Waals surface area (Å²) in [5, 5.41) is 0. The fraction of sp³-hybridized carbons (Fsp3) is 0.895. The molecule has 4 nitrogen and oxygen atoms in total. The van der Waals surface area contributed by atoms with Crippen molar-refractivity contribution in [3.05, 3.63) is 0 Å². The van der Waals surface area contributed by atoms with E-state index in [9.17, 15) is 9.59 Å². The highest BCUT2D eigenvalue weighted by Crippen LogP contribution is 2.27. The highest BCUT2D eigenvalue weighted by molar-refractivity contribution is 5.78. The molecule has 23 heavy (non-hydrogen) atoms. The van der Waals surface area contributed by atoms with Crippen LogP contribution in [0.15, 0.2) is 0 Å². The molecule has 4 heteroatoms. The number of carbonyl (C=O) groups is 2. The average Bonchev–Trinajstić information content (AvgIpc) is 3.02. The molecular formula is C19H36N2O2. The van der Waals surface area contributed by atoms with Crippen LogP contribution in [0.4, 0.5) is 0 Å². The van der Waals surface area contributed by atoms with Crippen LogP contribution in [0.1, 0.15) is 73.1 Å². The van der Waals surface area contributed by atoms with Gasteiger partial charge in [-0.2, -0.15) is 0 Å². The van der Waals surface area contributed by atoms with Gasteiger partial charge < -0.3 is 9.80 Å². The minimum absolute atomic E-state index is 0.138. The predicted molar refractivity (Wildman–Crippen MR) is 95.1 cm³/mol. The van der Waals surface area contributed by atoms with Crippen molar-refractivity contribution in [1.82, 2.24) is 9.80 Å². The number of hydrogen-bond donors (Lipinski definition) is 0. The van der Waals surface area contributed by atoms with Crippen LogP contribution in [-0.4, -0.2) is 47.3 Å². The summed E-state index contributed by atoms with van der Waals surface area (Å²) in [6, 6.07) is 0.561. The number of hydrogen-bond acceptors (Lipinski definition) is 2. The van der Waals surface area contributed by atoms with Gasteiger partial charge in [0.15, 0.2) is 0 Å². The number of amides is 2. The number of likely N-dealkylation sites (tertiary alicyclic amines) is 1. The predicted octanol–water partition coefficient (Wildman–Crippen LogP) is 3.70. The van der Waals surface area contributed by atoms with Gasteiger partial charge >= 0.3 is 0 Å². The fourth-order valence-corrected chi connectivity index (χ4v) is 4.08. The third-order valence-electron chi connectivity index (χ3n) is 5.62. The Balaban J connectivity index is 2.78. The maximum atomic E-state index is 12.7. The zero-order valence-electron chi connectivity index (χ0n) is 16.0. The Morgan fingerprint density at radius 1 is 1.17 bits per heavy atom. The van der Waals surface area contributed by atoms with E-state index in [4.69, 9.17) is 0 Å².